The first-order valence-corrected chi connectivity index (χ1v) is 12.2. The van der Waals surface area contributed by atoms with Crippen LogP contribution >= 0.6 is 0 Å². The Labute approximate surface area is 206 Å². The van der Waals surface area contributed by atoms with Gasteiger partial charge in [0.25, 0.3) is 5.91 Å². The number of carbonyl (C=O) groups is 3. The van der Waals surface area contributed by atoms with Crippen LogP contribution in [0.15, 0.2) is 43.5 Å². The first-order valence-electron chi connectivity index (χ1n) is 12.2. The van der Waals surface area contributed by atoms with E-state index in [1.807, 2.05) is 32.0 Å². The zero-order valence-corrected chi connectivity index (χ0v) is 20.4. The molecule has 188 valence electrons. The van der Waals surface area contributed by atoms with Crippen molar-refractivity contribution >= 4 is 23.5 Å². The number of likely N-dealkylation sites (tertiary alicyclic amines) is 1. The highest BCUT2D eigenvalue weighted by Gasteiger charge is 2.75. The molecule has 8 nitrogen and oxygen atoms in total. The van der Waals surface area contributed by atoms with E-state index in [1.54, 1.807) is 11.0 Å². The largest absolute Gasteiger partial charge is 0.461 e. The molecule has 0 radical (unpaired) electrons. The summed E-state index contributed by atoms with van der Waals surface area (Å²) in [6.45, 7) is 11.7. The second kappa shape index (κ2) is 9.95. The fourth-order valence-electron chi connectivity index (χ4n) is 6.01. The van der Waals surface area contributed by atoms with Crippen molar-refractivity contribution in [3.05, 3.63) is 54.6 Å². The van der Waals surface area contributed by atoms with Gasteiger partial charge in [-0.05, 0) is 50.3 Å². The third-order valence-electron chi connectivity index (χ3n) is 7.44. The lowest BCUT2D eigenvalue weighted by atomic mass is 9.70. The van der Waals surface area contributed by atoms with E-state index in [9.17, 15) is 19.5 Å². The number of benzene rings is 1. The van der Waals surface area contributed by atoms with Gasteiger partial charge in [0.2, 0.25) is 5.91 Å². The first kappa shape index (κ1) is 25.1. The Bertz CT molecular complexity index is 1040. The lowest BCUT2D eigenvalue weighted by Crippen LogP contribution is -2.56. The highest BCUT2D eigenvalue weighted by atomic mass is 16.6. The van der Waals surface area contributed by atoms with Gasteiger partial charge in [0.15, 0.2) is 0 Å². The molecule has 4 rings (SSSR count). The van der Waals surface area contributed by atoms with Crippen molar-refractivity contribution in [1.82, 2.24) is 4.90 Å². The maximum absolute atomic E-state index is 14.3. The third-order valence-corrected chi connectivity index (χ3v) is 7.44. The van der Waals surface area contributed by atoms with Crippen LogP contribution in [-0.2, 0) is 23.9 Å². The molecule has 3 fully saturated rings. The summed E-state index contributed by atoms with van der Waals surface area (Å²) in [5.74, 6) is -2.62. The summed E-state index contributed by atoms with van der Waals surface area (Å²) in [4.78, 5) is 44.2. The monoisotopic (exact) mass is 482 g/mol. The molecule has 1 spiro atoms. The van der Waals surface area contributed by atoms with Crippen LogP contribution < -0.4 is 4.90 Å². The molecule has 0 saturated carbocycles. The van der Waals surface area contributed by atoms with Crippen LogP contribution in [0.4, 0.5) is 5.69 Å². The number of aliphatic hydroxyl groups is 1. The number of fused-ring (bicyclic) bond motifs is 1. The summed E-state index contributed by atoms with van der Waals surface area (Å²) >= 11 is 0. The van der Waals surface area contributed by atoms with Gasteiger partial charge in [-0.15, -0.1) is 6.58 Å². The summed E-state index contributed by atoms with van der Waals surface area (Å²) in [5, 5.41) is 9.48. The number of amides is 2. The number of aliphatic hydroxyl groups excluding tert-OH is 1. The summed E-state index contributed by atoms with van der Waals surface area (Å²) in [5.41, 5.74) is 1.57. The minimum absolute atomic E-state index is 0.0479. The Balaban J connectivity index is 1.77. The molecule has 2 unspecified atom stereocenters. The average molecular weight is 483 g/mol. The van der Waals surface area contributed by atoms with Gasteiger partial charge >= 0.3 is 5.97 Å². The van der Waals surface area contributed by atoms with E-state index in [4.69, 9.17) is 9.47 Å². The number of rotatable bonds is 10. The molecule has 0 aliphatic carbocycles. The lowest BCUT2D eigenvalue weighted by molar-refractivity contribution is -0.154. The predicted molar refractivity (Wildman–Crippen MR) is 131 cm³/mol. The van der Waals surface area contributed by atoms with Crippen LogP contribution in [0.3, 0.4) is 0 Å². The minimum atomic E-state index is -1.11. The number of nitrogens with zero attached hydrogens (tertiary/aromatic N) is 2. The molecule has 3 aliphatic heterocycles. The second-order valence-corrected chi connectivity index (χ2v) is 9.61. The van der Waals surface area contributed by atoms with Crippen LogP contribution in [0.1, 0.15) is 30.4 Å². The van der Waals surface area contributed by atoms with Gasteiger partial charge in [0, 0.05) is 25.4 Å². The summed E-state index contributed by atoms with van der Waals surface area (Å²) in [6, 6.07) is 4.98. The molecule has 2 bridgehead atoms. The van der Waals surface area contributed by atoms with Crippen molar-refractivity contribution in [2.75, 3.05) is 31.2 Å². The summed E-state index contributed by atoms with van der Waals surface area (Å²) in [7, 11) is 0. The van der Waals surface area contributed by atoms with Crippen LogP contribution in [0.5, 0.6) is 0 Å². The SMILES string of the molecule is C=CCOC(=O)[C@@H]1[C@H]2C(=O)N(CCCO)C(C(=O)N(CC=C)c3cc(C)ccc3C)C23CC[C@H]1O3. The number of ether oxygens (including phenoxy) is 2. The number of carbonyl (C=O) groups excluding carboxylic acids is 3. The van der Waals surface area contributed by atoms with E-state index < -0.39 is 35.6 Å². The number of aryl methyl sites for hydroxylation is 2. The molecule has 3 aliphatic rings. The Morgan fingerprint density at radius 1 is 1.31 bits per heavy atom. The molecule has 1 N–H and O–H groups in total. The quantitative estimate of drug-likeness (QED) is 0.406. The topological polar surface area (TPSA) is 96.4 Å². The van der Waals surface area contributed by atoms with Crippen LogP contribution in [0.25, 0.3) is 0 Å². The van der Waals surface area contributed by atoms with Gasteiger partial charge in [-0.25, -0.2) is 0 Å². The maximum atomic E-state index is 14.3. The van der Waals surface area contributed by atoms with Gasteiger partial charge in [0.1, 0.15) is 18.2 Å². The molecular weight excluding hydrogens is 448 g/mol. The van der Waals surface area contributed by atoms with E-state index in [1.165, 1.54) is 11.0 Å². The van der Waals surface area contributed by atoms with Crippen molar-refractivity contribution < 1.29 is 29.0 Å². The molecule has 1 aromatic carbocycles. The Hall–Kier alpha value is -2.97. The average Bonchev–Trinajstić information content (AvgIpc) is 3.48. The summed E-state index contributed by atoms with van der Waals surface area (Å²) < 4.78 is 11.7. The molecule has 1 aromatic rings. The van der Waals surface area contributed by atoms with Gasteiger partial charge in [-0.3, -0.25) is 14.4 Å². The van der Waals surface area contributed by atoms with Gasteiger partial charge in [0.05, 0.1) is 17.9 Å². The smallest absolute Gasteiger partial charge is 0.312 e. The fraction of sp³-hybridized carbons (Fsp3) is 0.519. The van der Waals surface area contributed by atoms with Gasteiger partial charge in [-0.1, -0.05) is 30.9 Å². The fourth-order valence-corrected chi connectivity index (χ4v) is 6.01. The van der Waals surface area contributed by atoms with Gasteiger partial charge in [-0.2, -0.15) is 0 Å². The molecule has 5 atom stereocenters. The van der Waals surface area contributed by atoms with Crippen molar-refractivity contribution in [2.45, 2.75) is 50.9 Å². The zero-order valence-electron chi connectivity index (χ0n) is 20.4. The summed E-state index contributed by atoms with van der Waals surface area (Å²) in [6.07, 6.45) is 4.06. The maximum Gasteiger partial charge on any atom is 0.312 e. The van der Waals surface area contributed by atoms with Crippen molar-refractivity contribution in [3.8, 4) is 0 Å². The van der Waals surface area contributed by atoms with Crippen molar-refractivity contribution in [3.63, 3.8) is 0 Å². The van der Waals surface area contributed by atoms with Crippen molar-refractivity contribution in [1.29, 1.82) is 0 Å². The lowest BCUT2D eigenvalue weighted by Gasteiger charge is -2.37. The third kappa shape index (κ3) is 4.08. The highest BCUT2D eigenvalue weighted by molar-refractivity contribution is 6.05. The zero-order chi connectivity index (χ0) is 25.3. The van der Waals surface area contributed by atoms with E-state index in [-0.39, 0.29) is 38.1 Å². The van der Waals surface area contributed by atoms with Gasteiger partial charge < -0.3 is 24.4 Å². The van der Waals surface area contributed by atoms with Crippen LogP contribution in [-0.4, -0.2) is 71.8 Å². The predicted octanol–water partition coefficient (Wildman–Crippen LogP) is 2.31. The molecule has 2 amide bonds. The normalized spacial score (nSPS) is 28.7. The van der Waals surface area contributed by atoms with E-state index in [0.717, 1.165) is 16.8 Å². The standard InChI is InChI=1S/C27H34N2O6/c1-5-12-28(19-16-17(3)8-9-18(19)4)25(32)23-27-11-10-20(35-27)21(26(33)34-15-6-2)22(27)24(31)29(23)13-7-14-30/h5-6,8-9,16,20-23,30H,1-2,7,10-15H2,3-4H3/t20-,21+,22+,23?,27?/m1/s1. The molecule has 3 heterocycles. The number of hydrogen-bond acceptors (Lipinski definition) is 6. The minimum Gasteiger partial charge on any atom is -0.461 e. The molecule has 0 aromatic heterocycles. The number of anilines is 1. The van der Waals surface area contributed by atoms with Crippen molar-refractivity contribution in [2.24, 2.45) is 11.8 Å². The second-order valence-electron chi connectivity index (χ2n) is 9.61. The highest BCUT2D eigenvalue weighted by Crippen LogP contribution is 2.59. The first-order chi connectivity index (χ1) is 16.8. The molecule has 3 saturated heterocycles. The van der Waals surface area contributed by atoms with E-state index in [2.05, 4.69) is 13.2 Å². The molecular formula is C27H34N2O6. The Morgan fingerprint density at radius 2 is 2.09 bits per heavy atom. The molecule has 8 heteroatoms. The van der Waals surface area contributed by atoms with Crippen LogP contribution in [0.2, 0.25) is 0 Å². The number of hydrogen-bond donors (Lipinski definition) is 1. The van der Waals surface area contributed by atoms with E-state index in [0.29, 0.717) is 19.3 Å². The Kier molecular flexibility index (Phi) is 7.15. The van der Waals surface area contributed by atoms with Crippen LogP contribution in [0, 0.1) is 25.7 Å². The number of esters is 1. The molecule has 35 heavy (non-hydrogen) atoms. The van der Waals surface area contributed by atoms with E-state index >= 15 is 0 Å². The Morgan fingerprint density at radius 3 is 2.77 bits per heavy atom.